The minimum atomic E-state index is -0.695. The molecule has 18 heavy (non-hydrogen) atoms. The zero-order valence-electron chi connectivity index (χ0n) is 10.7. The molecule has 94 valence electrons. The van der Waals surface area contributed by atoms with Crippen molar-refractivity contribution in [1.82, 2.24) is 4.57 Å². The lowest BCUT2D eigenvalue weighted by Gasteiger charge is -2.21. The number of nitrogens with zero attached hydrogens (tertiary/aromatic N) is 1. The maximum atomic E-state index is 11.4. The van der Waals surface area contributed by atoms with Gasteiger partial charge in [-0.25, -0.2) is 0 Å². The lowest BCUT2D eigenvalue weighted by atomic mass is 9.86. The van der Waals surface area contributed by atoms with E-state index in [0.717, 1.165) is 25.0 Å². The SMILES string of the molecule is Cc1cccc2c3c(n(C)c12)C(C(=O)O)CCC3. The van der Waals surface area contributed by atoms with Gasteiger partial charge in [-0.3, -0.25) is 4.79 Å². The van der Waals surface area contributed by atoms with Gasteiger partial charge in [-0.2, -0.15) is 0 Å². The van der Waals surface area contributed by atoms with Gasteiger partial charge in [0.05, 0.1) is 11.4 Å². The number of aromatic nitrogens is 1. The van der Waals surface area contributed by atoms with Crippen LogP contribution in [0.3, 0.4) is 0 Å². The molecule has 0 bridgehead atoms. The summed E-state index contributed by atoms with van der Waals surface area (Å²) in [5.74, 6) is -1.04. The highest BCUT2D eigenvalue weighted by molar-refractivity contribution is 5.91. The molecule has 0 spiro atoms. The minimum Gasteiger partial charge on any atom is -0.481 e. The maximum Gasteiger partial charge on any atom is 0.312 e. The lowest BCUT2D eigenvalue weighted by Crippen LogP contribution is -2.20. The van der Waals surface area contributed by atoms with Crippen molar-refractivity contribution in [3.05, 3.63) is 35.0 Å². The van der Waals surface area contributed by atoms with Gasteiger partial charge < -0.3 is 9.67 Å². The highest BCUT2D eigenvalue weighted by Gasteiger charge is 2.31. The first kappa shape index (κ1) is 11.3. The number of para-hydroxylation sites is 1. The van der Waals surface area contributed by atoms with E-state index in [-0.39, 0.29) is 5.92 Å². The Labute approximate surface area is 106 Å². The summed E-state index contributed by atoms with van der Waals surface area (Å²) >= 11 is 0. The summed E-state index contributed by atoms with van der Waals surface area (Å²) in [6.07, 6.45) is 2.72. The third kappa shape index (κ3) is 1.40. The Morgan fingerprint density at radius 1 is 1.44 bits per heavy atom. The van der Waals surface area contributed by atoms with Gasteiger partial charge in [0.25, 0.3) is 0 Å². The van der Waals surface area contributed by atoms with Gasteiger partial charge in [-0.05, 0) is 37.3 Å². The van der Waals surface area contributed by atoms with E-state index in [9.17, 15) is 9.90 Å². The van der Waals surface area contributed by atoms with Crippen LogP contribution >= 0.6 is 0 Å². The van der Waals surface area contributed by atoms with Crippen LogP contribution < -0.4 is 0 Å². The highest BCUT2D eigenvalue weighted by Crippen LogP contribution is 2.38. The summed E-state index contributed by atoms with van der Waals surface area (Å²) in [4.78, 5) is 11.4. The first-order chi connectivity index (χ1) is 8.61. The second-order valence-electron chi connectivity index (χ2n) is 5.18. The molecule has 1 aromatic carbocycles. The van der Waals surface area contributed by atoms with Crippen molar-refractivity contribution in [2.75, 3.05) is 0 Å². The van der Waals surface area contributed by atoms with Crippen molar-refractivity contribution in [2.24, 2.45) is 7.05 Å². The molecule has 3 rings (SSSR count). The standard InChI is InChI=1S/C15H17NO2/c1-9-5-3-6-10-11-7-4-8-12(15(17)18)14(11)16(2)13(9)10/h3,5-6,12H,4,7-8H2,1-2H3,(H,17,18). The highest BCUT2D eigenvalue weighted by atomic mass is 16.4. The largest absolute Gasteiger partial charge is 0.481 e. The average molecular weight is 243 g/mol. The van der Waals surface area contributed by atoms with Crippen LogP contribution in [-0.4, -0.2) is 15.6 Å². The Bertz CT molecular complexity index is 639. The van der Waals surface area contributed by atoms with E-state index in [2.05, 4.69) is 29.7 Å². The number of benzene rings is 1. The number of carbonyl (C=O) groups is 1. The Hall–Kier alpha value is -1.77. The van der Waals surface area contributed by atoms with Crippen LogP contribution in [0.2, 0.25) is 0 Å². The number of hydrogen-bond acceptors (Lipinski definition) is 1. The molecule has 1 N–H and O–H groups in total. The van der Waals surface area contributed by atoms with Gasteiger partial charge in [-0.1, -0.05) is 18.2 Å². The number of hydrogen-bond donors (Lipinski definition) is 1. The summed E-state index contributed by atoms with van der Waals surface area (Å²) in [6.45, 7) is 2.09. The molecule has 1 aliphatic carbocycles. The summed E-state index contributed by atoms with van der Waals surface area (Å²) in [7, 11) is 2.00. The molecule has 0 saturated heterocycles. The van der Waals surface area contributed by atoms with Crippen molar-refractivity contribution >= 4 is 16.9 Å². The Morgan fingerprint density at radius 2 is 2.22 bits per heavy atom. The third-order valence-corrected chi connectivity index (χ3v) is 4.12. The minimum absolute atomic E-state index is 0.342. The molecule has 3 nitrogen and oxygen atoms in total. The van der Waals surface area contributed by atoms with E-state index < -0.39 is 5.97 Å². The lowest BCUT2D eigenvalue weighted by molar-refractivity contribution is -0.139. The molecule has 0 fully saturated rings. The molecule has 0 amide bonds. The molecule has 0 radical (unpaired) electrons. The first-order valence-corrected chi connectivity index (χ1v) is 6.41. The Kier molecular flexibility index (Phi) is 2.44. The van der Waals surface area contributed by atoms with Crippen molar-refractivity contribution < 1.29 is 9.90 Å². The smallest absolute Gasteiger partial charge is 0.312 e. The summed E-state index contributed by atoms with van der Waals surface area (Å²) in [5, 5.41) is 10.6. The molecule has 1 aromatic heterocycles. The fourth-order valence-corrected chi connectivity index (χ4v) is 3.38. The molecule has 0 aliphatic heterocycles. The van der Waals surface area contributed by atoms with Gasteiger partial charge in [0.1, 0.15) is 0 Å². The van der Waals surface area contributed by atoms with Crippen LogP contribution in [0.5, 0.6) is 0 Å². The monoisotopic (exact) mass is 243 g/mol. The number of aliphatic carboxylic acids is 1. The predicted octanol–water partition coefficient (Wildman–Crippen LogP) is 2.99. The molecular formula is C15H17NO2. The fourth-order valence-electron chi connectivity index (χ4n) is 3.38. The molecule has 1 aliphatic rings. The Balaban J connectivity index is 2.37. The number of aryl methyl sites for hydroxylation is 3. The zero-order valence-corrected chi connectivity index (χ0v) is 10.7. The molecule has 0 saturated carbocycles. The maximum absolute atomic E-state index is 11.4. The van der Waals surface area contributed by atoms with Gasteiger partial charge in [0.15, 0.2) is 0 Å². The second-order valence-corrected chi connectivity index (χ2v) is 5.18. The van der Waals surface area contributed by atoms with Crippen LogP contribution in [0.1, 0.15) is 35.6 Å². The summed E-state index contributed by atoms with van der Waals surface area (Å²) < 4.78 is 2.10. The number of carboxylic acid groups (broad SMARTS) is 1. The van der Waals surface area contributed by atoms with Crippen molar-refractivity contribution in [3.8, 4) is 0 Å². The molecule has 1 unspecified atom stereocenters. The third-order valence-electron chi connectivity index (χ3n) is 4.12. The molecular weight excluding hydrogens is 226 g/mol. The van der Waals surface area contributed by atoms with E-state index in [0.29, 0.717) is 0 Å². The van der Waals surface area contributed by atoms with E-state index in [1.54, 1.807) is 0 Å². The topological polar surface area (TPSA) is 42.2 Å². The molecule has 1 atom stereocenters. The molecule has 1 heterocycles. The quantitative estimate of drug-likeness (QED) is 0.836. The summed E-state index contributed by atoms with van der Waals surface area (Å²) in [6, 6.07) is 6.26. The number of fused-ring (bicyclic) bond motifs is 3. The van der Waals surface area contributed by atoms with Crippen LogP contribution in [0, 0.1) is 6.92 Å². The van der Waals surface area contributed by atoms with E-state index in [1.165, 1.54) is 22.0 Å². The molecule has 2 aromatic rings. The molecule has 3 heteroatoms. The van der Waals surface area contributed by atoms with Crippen molar-refractivity contribution in [3.63, 3.8) is 0 Å². The first-order valence-electron chi connectivity index (χ1n) is 6.41. The van der Waals surface area contributed by atoms with E-state index >= 15 is 0 Å². The van der Waals surface area contributed by atoms with E-state index in [4.69, 9.17) is 0 Å². The van der Waals surface area contributed by atoms with Gasteiger partial charge in [0.2, 0.25) is 0 Å². The van der Waals surface area contributed by atoms with Gasteiger partial charge >= 0.3 is 5.97 Å². The number of carboxylic acids is 1. The Morgan fingerprint density at radius 3 is 2.94 bits per heavy atom. The van der Waals surface area contributed by atoms with Crippen LogP contribution in [-0.2, 0) is 18.3 Å². The van der Waals surface area contributed by atoms with Crippen molar-refractivity contribution in [2.45, 2.75) is 32.1 Å². The second kappa shape index (κ2) is 3.87. The normalized spacial score (nSPS) is 18.9. The zero-order chi connectivity index (χ0) is 12.9. The van der Waals surface area contributed by atoms with Crippen LogP contribution in [0.15, 0.2) is 18.2 Å². The van der Waals surface area contributed by atoms with Gasteiger partial charge in [-0.15, -0.1) is 0 Å². The van der Waals surface area contributed by atoms with E-state index in [1.807, 2.05) is 7.05 Å². The average Bonchev–Trinajstić information content (AvgIpc) is 2.65. The fraction of sp³-hybridized carbons (Fsp3) is 0.400. The summed E-state index contributed by atoms with van der Waals surface area (Å²) in [5.41, 5.74) is 4.66. The predicted molar refractivity (Wildman–Crippen MR) is 71.0 cm³/mol. The number of rotatable bonds is 1. The van der Waals surface area contributed by atoms with Crippen molar-refractivity contribution in [1.29, 1.82) is 0 Å². The van der Waals surface area contributed by atoms with Crippen LogP contribution in [0.25, 0.3) is 10.9 Å². The van der Waals surface area contributed by atoms with Gasteiger partial charge in [0, 0.05) is 18.1 Å². The van der Waals surface area contributed by atoms with Crippen LogP contribution in [0.4, 0.5) is 0 Å².